The Labute approximate surface area is 180 Å². The maximum Gasteiger partial charge on any atom is 0.183 e. The van der Waals surface area contributed by atoms with Crippen molar-refractivity contribution < 1.29 is 9.18 Å². The molecule has 1 atom stereocenters. The number of Topliss-reactive ketones (excluding diaryl/α,β-unsaturated/α-hetero) is 1. The van der Waals surface area contributed by atoms with Gasteiger partial charge >= 0.3 is 0 Å². The van der Waals surface area contributed by atoms with Gasteiger partial charge in [0.1, 0.15) is 5.82 Å². The van der Waals surface area contributed by atoms with E-state index < -0.39 is 5.82 Å². The van der Waals surface area contributed by atoms with Crippen LogP contribution in [0.1, 0.15) is 39.5 Å². The Bertz CT molecular complexity index is 1220. The molecule has 31 heavy (non-hydrogen) atoms. The van der Waals surface area contributed by atoms with E-state index in [0.717, 1.165) is 43.2 Å². The van der Waals surface area contributed by atoms with Crippen molar-refractivity contribution in [3.8, 4) is 0 Å². The molecule has 1 aliphatic rings. The third kappa shape index (κ3) is 4.42. The summed E-state index contributed by atoms with van der Waals surface area (Å²) in [5.41, 5.74) is 4.74. The van der Waals surface area contributed by atoms with Crippen LogP contribution in [0.4, 0.5) is 4.39 Å². The number of pyridine rings is 1. The lowest BCUT2D eigenvalue weighted by Gasteiger charge is -2.16. The normalized spacial score (nSPS) is 16.7. The van der Waals surface area contributed by atoms with Crippen molar-refractivity contribution in [3.05, 3.63) is 101 Å². The van der Waals surface area contributed by atoms with Crippen LogP contribution in [0, 0.1) is 5.82 Å². The smallest absolute Gasteiger partial charge is 0.183 e. The Morgan fingerprint density at radius 1 is 1.06 bits per heavy atom. The van der Waals surface area contributed by atoms with E-state index in [0.29, 0.717) is 17.2 Å². The number of rotatable bonds is 6. The summed E-state index contributed by atoms with van der Waals surface area (Å²) in [5, 5.41) is 1.04. The topological polar surface area (TPSA) is 49.0 Å². The van der Waals surface area contributed by atoms with Crippen molar-refractivity contribution in [3.63, 3.8) is 0 Å². The molecule has 0 bridgehead atoms. The summed E-state index contributed by atoms with van der Waals surface area (Å²) in [5.74, 6) is 0.00467. The van der Waals surface area contributed by atoms with Gasteiger partial charge in [-0.3, -0.25) is 14.7 Å². The number of benzene rings is 2. The van der Waals surface area contributed by atoms with Gasteiger partial charge in [-0.05, 0) is 59.8 Å². The summed E-state index contributed by atoms with van der Waals surface area (Å²) in [6, 6.07) is 20.3. The third-order valence-corrected chi connectivity index (χ3v) is 6.06. The SMILES string of the molecule is O=C(Cc1cncc(F)c1)c1cc2cc(C3CCN(Cc4ccccc4)C3)ccc2[nH]1. The second kappa shape index (κ2) is 8.44. The molecular formula is C26H24FN3O. The number of ketones is 1. The predicted molar refractivity (Wildman–Crippen MR) is 120 cm³/mol. The monoisotopic (exact) mass is 413 g/mol. The predicted octanol–water partition coefficient (Wildman–Crippen LogP) is 5.12. The summed E-state index contributed by atoms with van der Waals surface area (Å²) in [7, 11) is 0. The van der Waals surface area contributed by atoms with Crippen molar-refractivity contribution in [2.75, 3.05) is 13.1 Å². The second-order valence-corrected chi connectivity index (χ2v) is 8.35. The lowest BCUT2D eigenvalue weighted by molar-refractivity contribution is 0.0989. The number of nitrogens with one attached hydrogen (secondary N) is 1. The molecule has 5 rings (SSSR count). The molecule has 4 aromatic rings. The number of fused-ring (bicyclic) bond motifs is 1. The van der Waals surface area contributed by atoms with E-state index in [2.05, 4.69) is 63.4 Å². The summed E-state index contributed by atoms with van der Waals surface area (Å²) in [6.07, 6.45) is 3.94. The molecule has 0 radical (unpaired) electrons. The zero-order valence-corrected chi connectivity index (χ0v) is 17.2. The van der Waals surface area contributed by atoms with E-state index in [9.17, 15) is 9.18 Å². The van der Waals surface area contributed by atoms with Crippen molar-refractivity contribution in [1.29, 1.82) is 0 Å². The van der Waals surface area contributed by atoms with Gasteiger partial charge in [0.2, 0.25) is 0 Å². The van der Waals surface area contributed by atoms with Crippen LogP contribution >= 0.6 is 0 Å². The molecule has 0 amide bonds. The number of aromatic amines is 1. The van der Waals surface area contributed by atoms with E-state index in [1.54, 1.807) is 0 Å². The first-order chi connectivity index (χ1) is 15.1. The van der Waals surface area contributed by atoms with Crippen molar-refractivity contribution >= 4 is 16.7 Å². The molecule has 1 N–H and O–H groups in total. The molecule has 4 nitrogen and oxygen atoms in total. The minimum atomic E-state index is -0.426. The van der Waals surface area contributed by atoms with Gasteiger partial charge in [0, 0.05) is 36.6 Å². The average Bonchev–Trinajstić information content (AvgIpc) is 3.41. The highest BCUT2D eigenvalue weighted by atomic mass is 19.1. The zero-order chi connectivity index (χ0) is 21.2. The van der Waals surface area contributed by atoms with Gasteiger partial charge < -0.3 is 4.98 Å². The first-order valence-electron chi connectivity index (χ1n) is 10.7. The average molecular weight is 413 g/mol. The first-order valence-corrected chi connectivity index (χ1v) is 10.7. The number of nitrogens with zero attached hydrogens (tertiary/aromatic N) is 2. The van der Waals surface area contributed by atoms with Gasteiger partial charge in [-0.2, -0.15) is 0 Å². The third-order valence-electron chi connectivity index (χ3n) is 6.06. The van der Waals surface area contributed by atoms with Gasteiger partial charge in [-0.25, -0.2) is 4.39 Å². The first kappa shape index (κ1) is 19.6. The van der Waals surface area contributed by atoms with Crippen LogP contribution in [-0.4, -0.2) is 33.7 Å². The Morgan fingerprint density at radius 2 is 1.94 bits per heavy atom. The molecule has 2 aromatic heterocycles. The number of halogens is 1. The van der Waals surface area contributed by atoms with Gasteiger partial charge in [0.15, 0.2) is 5.78 Å². The maximum absolute atomic E-state index is 13.3. The molecular weight excluding hydrogens is 389 g/mol. The largest absolute Gasteiger partial charge is 0.352 e. The molecule has 3 heterocycles. The van der Waals surface area contributed by atoms with Gasteiger partial charge in [-0.1, -0.05) is 36.4 Å². The van der Waals surface area contributed by atoms with Gasteiger partial charge in [0.25, 0.3) is 0 Å². The molecule has 1 saturated heterocycles. The highest BCUT2D eigenvalue weighted by Gasteiger charge is 2.24. The lowest BCUT2D eigenvalue weighted by Crippen LogP contribution is -2.19. The molecule has 0 saturated carbocycles. The van der Waals surface area contributed by atoms with E-state index in [-0.39, 0.29) is 12.2 Å². The Kier molecular flexibility index (Phi) is 5.35. The Morgan fingerprint density at radius 3 is 2.77 bits per heavy atom. The fourth-order valence-corrected chi connectivity index (χ4v) is 4.48. The van der Waals surface area contributed by atoms with Crippen LogP contribution in [0.15, 0.2) is 73.1 Å². The highest BCUT2D eigenvalue weighted by Crippen LogP contribution is 2.30. The Balaban J connectivity index is 1.29. The number of carbonyl (C=O) groups excluding carboxylic acids is 1. The van der Waals surface area contributed by atoms with E-state index in [1.165, 1.54) is 23.4 Å². The fourth-order valence-electron chi connectivity index (χ4n) is 4.48. The molecule has 5 heteroatoms. The maximum atomic E-state index is 13.3. The summed E-state index contributed by atoms with van der Waals surface area (Å²) < 4.78 is 13.3. The summed E-state index contributed by atoms with van der Waals surface area (Å²) in [6.45, 7) is 3.12. The highest BCUT2D eigenvalue weighted by molar-refractivity contribution is 6.00. The zero-order valence-electron chi connectivity index (χ0n) is 17.2. The molecule has 2 aromatic carbocycles. The Hall–Kier alpha value is -3.31. The van der Waals surface area contributed by atoms with Crippen molar-refractivity contribution in [1.82, 2.24) is 14.9 Å². The quantitative estimate of drug-likeness (QED) is 0.447. The van der Waals surface area contributed by atoms with E-state index in [4.69, 9.17) is 0 Å². The minimum Gasteiger partial charge on any atom is -0.352 e. The molecule has 1 unspecified atom stereocenters. The number of likely N-dealkylation sites (tertiary alicyclic amines) is 1. The number of H-pyrrole nitrogens is 1. The van der Waals surface area contributed by atoms with Crippen LogP contribution in [0.25, 0.3) is 10.9 Å². The number of hydrogen-bond donors (Lipinski definition) is 1. The number of aromatic nitrogens is 2. The fraction of sp³-hybridized carbons (Fsp3) is 0.231. The molecule has 1 fully saturated rings. The van der Waals surface area contributed by atoms with E-state index >= 15 is 0 Å². The van der Waals surface area contributed by atoms with Crippen molar-refractivity contribution in [2.45, 2.75) is 25.3 Å². The minimum absolute atomic E-state index is 0.0694. The van der Waals surface area contributed by atoms with Gasteiger partial charge in [0.05, 0.1) is 11.9 Å². The summed E-state index contributed by atoms with van der Waals surface area (Å²) in [4.78, 5) is 22.2. The molecule has 156 valence electrons. The second-order valence-electron chi connectivity index (χ2n) is 8.35. The molecule has 1 aliphatic heterocycles. The van der Waals surface area contributed by atoms with E-state index in [1.807, 2.05) is 6.07 Å². The number of carbonyl (C=O) groups is 1. The van der Waals surface area contributed by atoms with Crippen molar-refractivity contribution in [2.24, 2.45) is 0 Å². The van der Waals surface area contributed by atoms with Gasteiger partial charge in [-0.15, -0.1) is 0 Å². The van der Waals surface area contributed by atoms with Crippen LogP contribution in [0.3, 0.4) is 0 Å². The summed E-state index contributed by atoms with van der Waals surface area (Å²) >= 11 is 0. The number of hydrogen-bond acceptors (Lipinski definition) is 3. The van der Waals surface area contributed by atoms with Crippen LogP contribution in [0.5, 0.6) is 0 Å². The molecule has 0 aliphatic carbocycles. The van der Waals surface area contributed by atoms with Crippen LogP contribution in [-0.2, 0) is 13.0 Å². The lowest BCUT2D eigenvalue weighted by atomic mass is 9.97. The van der Waals surface area contributed by atoms with Crippen LogP contribution < -0.4 is 0 Å². The van der Waals surface area contributed by atoms with Crippen LogP contribution in [0.2, 0.25) is 0 Å². The standard InChI is InChI=1S/C26H24FN3O/c27-23-10-19(14-28-15-23)11-26(31)25-13-22-12-20(6-7-24(22)29-25)21-8-9-30(17-21)16-18-4-2-1-3-5-18/h1-7,10,12-15,21,29H,8-9,11,16-17H2. The molecule has 0 spiro atoms.